The fourth-order valence-corrected chi connectivity index (χ4v) is 2.14. The number of nitrogens with one attached hydrogen (secondary N) is 2. The summed E-state index contributed by atoms with van der Waals surface area (Å²) in [5.41, 5.74) is -0.0143. The first-order chi connectivity index (χ1) is 8.66. The van der Waals surface area contributed by atoms with Crippen molar-refractivity contribution < 1.29 is 14.3 Å². The molecule has 1 heterocycles. The van der Waals surface area contributed by atoms with Crippen LogP contribution in [0.15, 0.2) is 18.2 Å². The van der Waals surface area contributed by atoms with Crippen LogP contribution >= 0.6 is 0 Å². The van der Waals surface area contributed by atoms with E-state index in [0.717, 1.165) is 38.1 Å². The maximum Gasteiger partial charge on any atom is 0.255 e. The Morgan fingerprint density at radius 1 is 1.56 bits per heavy atom. The molecule has 1 aromatic carbocycles. The smallest absolute Gasteiger partial charge is 0.255 e. The fraction of sp³-hybridized carbons (Fsp3) is 0.462. The van der Waals surface area contributed by atoms with Gasteiger partial charge in [0.15, 0.2) is 0 Å². The normalized spacial score (nSPS) is 18.8. The van der Waals surface area contributed by atoms with Crippen LogP contribution in [0.1, 0.15) is 23.2 Å². The average molecular weight is 252 g/mol. The number of amides is 1. The zero-order valence-electron chi connectivity index (χ0n) is 10.1. The number of phenols is 1. The van der Waals surface area contributed by atoms with Crippen molar-refractivity contribution in [3.63, 3.8) is 0 Å². The largest absolute Gasteiger partial charge is 0.507 e. The lowest BCUT2D eigenvalue weighted by Crippen LogP contribution is -2.26. The summed E-state index contributed by atoms with van der Waals surface area (Å²) in [6, 6.07) is 3.35. The van der Waals surface area contributed by atoms with E-state index in [9.17, 15) is 14.3 Å². The maximum atomic E-state index is 13.0. The third-order valence-corrected chi connectivity index (χ3v) is 3.20. The summed E-state index contributed by atoms with van der Waals surface area (Å²) < 4.78 is 13.0. The van der Waals surface area contributed by atoms with Crippen LogP contribution in [0.2, 0.25) is 0 Å². The second-order valence-corrected chi connectivity index (χ2v) is 4.56. The molecular weight excluding hydrogens is 235 g/mol. The summed E-state index contributed by atoms with van der Waals surface area (Å²) in [5, 5.41) is 15.4. The molecule has 5 heteroatoms. The molecule has 1 fully saturated rings. The van der Waals surface area contributed by atoms with Gasteiger partial charge >= 0.3 is 0 Å². The van der Waals surface area contributed by atoms with Crippen molar-refractivity contribution in [3.8, 4) is 5.75 Å². The molecule has 1 atom stereocenters. The molecular formula is C13H17FN2O2. The molecule has 1 saturated heterocycles. The van der Waals surface area contributed by atoms with Crippen LogP contribution in [-0.4, -0.2) is 30.6 Å². The monoisotopic (exact) mass is 252 g/mol. The van der Waals surface area contributed by atoms with E-state index >= 15 is 0 Å². The minimum Gasteiger partial charge on any atom is -0.507 e. The van der Waals surface area contributed by atoms with Gasteiger partial charge in [-0.15, -0.1) is 0 Å². The maximum absolute atomic E-state index is 13.0. The van der Waals surface area contributed by atoms with Crippen molar-refractivity contribution in [1.29, 1.82) is 0 Å². The van der Waals surface area contributed by atoms with Crippen LogP contribution in [-0.2, 0) is 0 Å². The minimum atomic E-state index is -0.530. The molecule has 0 spiro atoms. The molecule has 4 nitrogen and oxygen atoms in total. The van der Waals surface area contributed by atoms with Crippen LogP contribution in [0.5, 0.6) is 5.75 Å². The second kappa shape index (κ2) is 5.82. The van der Waals surface area contributed by atoms with Gasteiger partial charge in [-0.2, -0.15) is 0 Å². The van der Waals surface area contributed by atoms with Crippen molar-refractivity contribution in [1.82, 2.24) is 10.6 Å². The Kier molecular flexibility index (Phi) is 4.15. The van der Waals surface area contributed by atoms with Crippen molar-refractivity contribution in [3.05, 3.63) is 29.6 Å². The second-order valence-electron chi connectivity index (χ2n) is 4.56. The lowest BCUT2D eigenvalue weighted by molar-refractivity contribution is 0.0948. The topological polar surface area (TPSA) is 61.4 Å². The molecule has 1 aromatic rings. The van der Waals surface area contributed by atoms with E-state index in [0.29, 0.717) is 12.5 Å². The highest BCUT2D eigenvalue weighted by Gasteiger charge is 2.15. The number of halogens is 1. The highest BCUT2D eigenvalue weighted by molar-refractivity contribution is 5.96. The fourth-order valence-electron chi connectivity index (χ4n) is 2.14. The highest BCUT2D eigenvalue weighted by Crippen LogP contribution is 2.17. The minimum absolute atomic E-state index is 0.0143. The quantitative estimate of drug-likeness (QED) is 0.756. The van der Waals surface area contributed by atoms with Crippen molar-refractivity contribution in [2.45, 2.75) is 12.8 Å². The first kappa shape index (κ1) is 12.8. The number of phenolic OH excluding ortho intramolecular Hbond substituents is 1. The molecule has 0 aromatic heterocycles. The molecule has 1 amide bonds. The summed E-state index contributed by atoms with van der Waals surface area (Å²) in [6.07, 6.45) is 2.02. The molecule has 1 unspecified atom stereocenters. The first-order valence-corrected chi connectivity index (χ1v) is 6.14. The molecule has 0 aliphatic carbocycles. The van der Waals surface area contributed by atoms with Crippen LogP contribution in [0, 0.1) is 11.7 Å². The molecule has 2 rings (SSSR count). The molecule has 18 heavy (non-hydrogen) atoms. The predicted octanol–water partition coefficient (Wildman–Crippen LogP) is 1.26. The Morgan fingerprint density at radius 2 is 2.39 bits per heavy atom. The van der Waals surface area contributed by atoms with E-state index in [4.69, 9.17) is 0 Å². The van der Waals surface area contributed by atoms with Crippen LogP contribution < -0.4 is 10.6 Å². The SMILES string of the molecule is O=C(NCCC1CCNC1)c1cc(F)ccc1O. The van der Waals surface area contributed by atoms with Crippen molar-refractivity contribution in [2.24, 2.45) is 5.92 Å². The van der Waals surface area contributed by atoms with Gasteiger partial charge < -0.3 is 15.7 Å². The van der Waals surface area contributed by atoms with Gasteiger partial charge in [0.1, 0.15) is 11.6 Å². The van der Waals surface area contributed by atoms with Gasteiger partial charge in [0, 0.05) is 6.54 Å². The van der Waals surface area contributed by atoms with Crippen LogP contribution in [0.25, 0.3) is 0 Å². The van der Waals surface area contributed by atoms with E-state index in [1.54, 1.807) is 0 Å². The number of hydrogen-bond donors (Lipinski definition) is 3. The van der Waals surface area contributed by atoms with Crippen molar-refractivity contribution >= 4 is 5.91 Å². The summed E-state index contributed by atoms with van der Waals surface area (Å²) in [5.74, 6) is -0.571. The van der Waals surface area contributed by atoms with Gasteiger partial charge in [0.25, 0.3) is 5.91 Å². The molecule has 3 N–H and O–H groups in total. The number of hydrogen-bond acceptors (Lipinski definition) is 3. The molecule has 1 aliphatic rings. The third-order valence-electron chi connectivity index (χ3n) is 3.20. The number of benzene rings is 1. The molecule has 0 radical (unpaired) electrons. The Morgan fingerprint density at radius 3 is 3.11 bits per heavy atom. The number of rotatable bonds is 4. The molecule has 98 valence electrons. The van der Waals surface area contributed by atoms with E-state index in [1.807, 2.05) is 0 Å². The Bertz CT molecular complexity index is 431. The van der Waals surface area contributed by atoms with Gasteiger partial charge in [-0.1, -0.05) is 0 Å². The standard InChI is InChI=1S/C13H17FN2O2/c14-10-1-2-12(17)11(7-10)13(18)16-6-4-9-3-5-15-8-9/h1-2,7,9,15,17H,3-6,8H2,(H,16,18). The summed E-state index contributed by atoms with van der Waals surface area (Å²) in [7, 11) is 0. The lowest BCUT2D eigenvalue weighted by atomic mass is 10.1. The predicted molar refractivity (Wildman–Crippen MR) is 66.0 cm³/mol. The lowest BCUT2D eigenvalue weighted by Gasteiger charge is -2.10. The highest BCUT2D eigenvalue weighted by atomic mass is 19.1. The van der Waals surface area contributed by atoms with E-state index in [1.165, 1.54) is 6.07 Å². The van der Waals surface area contributed by atoms with E-state index in [2.05, 4.69) is 10.6 Å². The Balaban J connectivity index is 1.85. The third kappa shape index (κ3) is 3.20. The number of carbonyl (C=O) groups is 1. The van der Waals surface area contributed by atoms with Crippen molar-refractivity contribution in [2.75, 3.05) is 19.6 Å². The van der Waals surface area contributed by atoms with Gasteiger partial charge in [-0.25, -0.2) is 4.39 Å². The summed E-state index contributed by atoms with van der Waals surface area (Å²) in [4.78, 5) is 11.7. The Hall–Kier alpha value is -1.62. The molecule has 0 saturated carbocycles. The zero-order valence-corrected chi connectivity index (χ0v) is 10.1. The Labute approximate surface area is 105 Å². The van der Waals surface area contributed by atoms with Gasteiger partial charge in [0.05, 0.1) is 5.56 Å². The average Bonchev–Trinajstić information content (AvgIpc) is 2.85. The molecule has 1 aliphatic heterocycles. The van der Waals surface area contributed by atoms with Crippen LogP contribution in [0.4, 0.5) is 4.39 Å². The van der Waals surface area contributed by atoms with Gasteiger partial charge in [0.2, 0.25) is 0 Å². The van der Waals surface area contributed by atoms with E-state index < -0.39 is 11.7 Å². The van der Waals surface area contributed by atoms with Crippen LogP contribution in [0.3, 0.4) is 0 Å². The number of carbonyl (C=O) groups excluding carboxylic acids is 1. The number of aromatic hydroxyl groups is 1. The first-order valence-electron chi connectivity index (χ1n) is 6.14. The summed E-state index contributed by atoms with van der Waals surface area (Å²) in [6.45, 7) is 2.56. The van der Waals surface area contributed by atoms with E-state index in [-0.39, 0.29) is 11.3 Å². The van der Waals surface area contributed by atoms with Gasteiger partial charge in [-0.3, -0.25) is 4.79 Å². The summed E-state index contributed by atoms with van der Waals surface area (Å²) >= 11 is 0. The van der Waals surface area contributed by atoms with Gasteiger partial charge in [-0.05, 0) is 50.0 Å². The zero-order chi connectivity index (χ0) is 13.0. The molecule has 0 bridgehead atoms.